The lowest BCUT2D eigenvalue weighted by Crippen LogP contribution is -2.49. The lowest BCUT2D eigenvalue weighted by Gasteiger charge is -2.34. The van der Waals surface area contributed by atoms with E-state index in [0.29, 0.717) is 35.8 Å². The summed E-state index contributed by atoms with van der Waals surface area (Å²) in [6.45, 7) is 2.49. The van der Waals surface area contributed by atoms with Gasteiger partial charge in [-0.25, -0.2) is 32.7 Å². The van der Waals surface area contributed by atoms with E-state index in [9.17, 15) is 17.6 Å². The highest BCUT2D eigenvalue weighted by Crippen LogP contribution is 2.35. The minimum absolute atomic E-state index is 0.0451. The molecule has 1 saturated heterocycles. The molecule has 2 aromatic carbocycles. The molecule has 0 aliphatic carbocycles. The third-order valence-corrected chi connectivity index (χ3v) is 8.95. The fourth-order valence-corrected chi connectivity index (χ4v) is 6.63. The van der Waals surface area contributed by atoms with Crippen LogP contribution in [0.25, 0.3) is 21.3 Å². The van der Waals surface area contributed by atoms with E-state index in [-0.39, 0.29) is 21.8 Å². The van der Waals surface area contributed by atoms with Gasteiger partial charge in [0.2, 0.25) is 10.0 Å². The van der Waals surface area contributed by atoms with Gasteiger partial charge < -0.3 is 0 Å². The van der Waals surface area contributed by atoms with Crippen LogP contribution in [-0.4, -0.2) is 37.5 Å². The molecule has 2 aromatic heterocycles. The zero-order chi connectivity index (χ0) is 23.3. The first kappa shape index (κ1) is 21.9. The molecule has 2 N–H and O–H groups in total. The monoisotopic (exact) mass is 503 g/mol. The molecule has 0 unspecified atom stereocenters. The smallest absolute Gasteiger partial charge is 0.294 e. The molecule has 170 valence electrons. The Morgan fingerprint density at radius 2 is 1.85 bits per heavy atom. The second-order valence-corrected chi connectivity index (χ2v) is 11.1. The van der Waals surface area contributed by atoms with Crippen molar-refractivity contribution >= 4 is 59.8 Å². The van der Waals surface area contributed by atoms with Crippen LogP contribution in [0, 0.1) is 12.7 Å². The number of nitrogens with two attached hydrogens (primary N) is 1. The van der Waals surface area contributed by atoms with E-state index in [1.54, 1.807) is 17.3 Å². The van der Waals surface area contributed by atoms with Crippen molar-refractivity contribution in [3.8, 4) is 11.1 Å². The maximum atomic E-state index is 14.0. The van der Waals surface area contributed by atoms with E-state index < -0.39 is 10.0 Å². The van der Waals surface area contributed by atoms with Gasteiger partial charge in [-0.1, -0.05) is 23.5 Å². The molecule has 2 amide bonds. The number of carbonyl (C=O) groups is 1. The van der Waals surface area contributed by atoms with E-state index >= 15 is 0 Å². The molecule has 0 radical (unpaired) electrons. The van der Waals surface area contributed by atoms with Crippen molar-refractivity contribution in [3.63, 3.8) is 0 Å². The lowest BCUT2D eigenvalue weighted by molar-refractivity contribution is 0.248. The highest BCUT2D eigenvalue weighted by molar-refractivity contribution is 7.91. The largest absolute Gasteiger partial charge is 0.330 e. The van der Waals surface area contributed by atoms with Gasteiger partial charge in [-0.3, -0.25) is 9.80 Å². The number of aromatic nitrogens is 2. The molecule has 12 heteroatoms. The van der Waals surface area contributed by atoms with Crippen LogP contribution < -0.4 is 14.9 Å². The van der Waals surface area contributed by atoms with E-state index in [0.717, 1.165) is 27.2 Å². The lowest BCUT2D eigenvalue weighted by atomic mass is 10.0. The van der Waals surface area contributed by atoms with Gasteiger partial charge in [0.05, 0.1) is 21.4 Å². The Kier molecular flexibility index (Phi) is 5.40. The summed E-state index contributed by atoms with van der Waals surface area (Å²) in [4.78, 5) is 24.8. The van der Waals surface area contributed by atoms with Crippen LogP contribution in [0.1, 0.15) is 12.1 Å². The van der Waals surface area contributed by atoms with E-state index in [1.807, 2.05) is 24.3 Å². The quantitative estimate of drug-likeness (QED) is 0.445. The first-order chi connectivity index (χ1) is 15.7. The Balaban J connectivity index is 1.44. The number of nitrogens with zero attached hydrogens (tertiary/aromatic N) is 4. The van der Waals surface area contributed by atoms with Crippen LogP contribution in [0.2, 0.25) is 0 Å². The summed E-state index contributed by atoms with van der Waals surface area (Å²) in [7, 11) is -3.91. The second kappa shape index (κ2) is 8.13. The molecule has 8 nitrogen and oxygen atoms in total. The molecule has 4 aromatic rings. The topological polar surface area (TPSA) is 109 Å². The summed E-state index contributed by atoms with van der Waals surface area (Å²) in [6.07, 6.45) is 0.683. The van der Waals surface area contributed by atoms with Crippen molar-refractivity contribution < 1.29 is 17.6 Å². The molecule has 0 bridgehead atoms. The number of hydrogen-bond acceptors (Lipinski definition) is 7. The van der Waals surface area contributed by atoms with E-state index in [1.165, 1.54) is 28.4 Å². The Morgan fingerprint density at radius 1 is 1.12 bits per heavy atom. The second-order valence-electron chi connectivity index (χ2n) is 7.55. The van der Waals surface area contributed by atoms with E-state index in [4.69, 9.17) is 5.14 Å². The van der Waals surface area contributed by atoms with Crippen LogP contribution >= 0.6 is 22.7 Å². The molecule has 33 heavy (non-hydrogen) atoms. The SMILES string of the molecule is Cc1nc(N2CCCN(c3ccc(-c4cc(F)cc5ncsc45)cc3)C2=O)sc1S(N)(=O)=O. The zero-order valence-corrected chi connectivity index (χ0v) is 19.8. The number of urea groups is 1. The zero-order valence-electron chi connectivity index (χ0n) is 17.4. The number of primary sulfonamides is 1. The average Bonchev–Trinajstić information content (AvgIpc) is 3.40. The Bertz CT molecular complexity index is 1480. The van der Waals surface area contributed by atoms with Crippen LogP contribution in [0.3, 0.4) is 0 Å². The van der Waals surface area contributed by atoms with Crippen LogP contribution in [0.5, 0.6) is 0 Å². The first-order valence-electron chi connectivity index (χ1n) is 9.95. The summed E-state index contributed by atoms with van der Waals surface area (Å²) in [5.41, 5.74) is 4.83. The number of fused-ring (bicyclic) bond motifs is 1. The molecule has 1 aliphatic heterocycles. The molecule has 0 spiro atoms. The number of hydrogen-bond donors (Lipinski definition) is 1. The highest BCUT2D eigenvalue weighted by Gasteiger charge is 2.31. The number of anilines is 2. The van der Waals surface area contributed by atoms with Crippen molar-refractivity contribution in [1.82, 2.24) is 9.97 Å². The number of halogens is 1. The number of sulfonamides is 1. The van der Waals surface area contributed by atoms with Gasteiger partial charge in [0, 0.05) is 30.4 Å². The van der Waals surface area contributed by atoms with Gasteiger partial charge in [-0.2, -0.15) is 0 Å². The van der Waals surface area contributed by atoms with Crippen LogP contribution in [0.4, 0.5) is 20.0 Å². The average molecular weight is 504 g/mol. The van der Waals surface area contributed by atoms with Crippen LogP contribution in [0.15, 0.2) is 46.1 Å². The number of carbonyl (C=O) groups excluding carboxylic acids is 1. The third-order valence-electron chi connectivity index (χ3n) is 5.34. The Morgan fingerprint density at radius 3 is 2.55 bits per heavy atom. The number of aryl methyl sites for hydroxylation is 1. The fraction of sp³-hybridized carbons (Fsp3) is 0.190. The normalized spacial score (nSPS) is 14.9. The number of benzene rings is 2. The number of thiazole rings is 2. The first-order valence-corrected chi connectivity index (χ1v) is 13.2. The predicted molar refractivity (Wildman–Crippen MR) is 128 cm³/mol. The van der Waals surface area contributed by atoms with Gasteiger partial charge in [0.15, 0.2) is 9.34 Å². The van der Waals surface area contributed by atoms with Crippen molar-refractivity contribution in [2.45, 2.75) is 17.6 Å². The fourth-order valence-electron chi connectivity index (χ4n) is 3.86. The summed E-state index contributed by atoms with van der Waals surface area (Å²) in [5, 5.41) is 5.56. The molecule has 3 heterocycles. The van der Waals surface area contributed by atoms with Gasteiger partial charge in [0.25, 0.3) is 0 Å². The summed E-state index contributed by atoms with van der Waals surface area (Å²) in [6, 6.07) is 9.93. The molecular weight excluding hydrogens is 485 g/mol. The minimum Gasteiger partial charge on any atom is -0.294 e. The van der Waals surface area contributed by atoms with Crippen molar-refractivity contribution in [2.24, 2.45) is 5.14 Å². The van der Waals surface area contributed by atoms with Gasteiger partial charge >= 0.3 is 6.03 Å². The number of rotatable bonds is 4. The van der Waals surface area contributed by atoms with Crippen molar-refractivity contribution in [1.29, 1.82) is 0 Å². The maximum absolute atomic E-state index is 14.0. The minimum atomic E-state index is -3.91. The highest BCUT2D eigenvalue weighted by atomic mass is 32.2. The molecule has 0 saturated carbocycles. The Labute approximate surface area is 197 Å². The molecule has 0 atom stereocenters. The summed E-state index contributed by atoms with van der Waals surface area (Å²) >= 11 is 2.34. The van der Waals surface area contributed by atoms with Crippen molar-refractivity contribution in [2.75, 3.05) is 22.9 Å². The molecular formula is C21H18FN5O3S3. The van der Waals surface area contributed by atoms with Gasteiger partial charge in [0.1, 0.15) is 5.82 Å². The van der Waals surface area contributed by atoms with E-state index in [2.05, 4.69) is 9.97 Å². The van der Waals surface area contributed by atoms with Crippen LogP contribution in [-0.2, 0) is 10.0 Å². The summed E-state index contributed by atoms with van der Waals surface area (Å²) in [5.74, 6) is -0.355. The predicted octanol–water partition coefficient (Wildman–Crippen LogP) is 4.35. The standard InChI is InChI=1S/C21H18FN5O3S3/c1-12-19(33(23,29)30)32-20(25-12)27-8-2-7-26(21(27)28)15-5-3-13(4-6-15)16-9-14(22)10-17-18(16)31-11-24-17/h3-6,9-11H,2,7-8H2,1H3,(H2,23,29,30). The van der Waals surface area contributed by atoms with Crippen molar-refractivity contribution in [3.05, 3.63) is 53.4 Å². The number of amides is 2. The summed E-state index contributed by atoms with van der Waals surface area (Å²) < 4.78 is 38.4. The molecule has 1 fully saturated rings. The third kappa shape index (κ3) is 3.99. The van der Waals surface area contributed by atoms with Gasteiger partial charge in [-0.15, -0.1) is 11.3 Å². The maximum Gasteiger partial charge on any atom is 0.330 e. The molecule has 5 rings (SSSR count). The van der Waals surface area contributed by atoms with Gasteiger partial charge in [-0.05, 0) is 37.1 Å². The molecule has 1 aliphatic rings. The Hall–Kier alpha value is -2.93.